The number of nitrogens with zero attached hydrogens (tertiary/aromatic N) is 8. The highest BCUT2D eigenvalue weighted by Crippen LogP contribution is 2.43. The van der Waals surface area contributed by atoms with Crippen molar-refractivity contribution < 1.29 is 9.47 Å². The molecule has 0 spiro atoms. The molecule has 12 rings (SSSR count). The highest BCUT2D eigenvalue weighted by Gasteiger charge is 2.20. The number of benzene rings is 6. The first kappa shape index (κ1) is 40.2. The molecule has 18 heteroatoms. The Morgan fingerprint density at radius 1 is 0.484 bits per heavy atom. The van der Waals surface area contributed by atoms with E-state index in [2.05, 4.69) is 63.0 Å². The second-order valence-electron chi connectivity index (χ2n) is 15.6. The summed E-state index contributed by atoms with van der Waals surface area (Å²) < 4.78 is 14.5. The van der Waals surface area contributed by atoms with E-state index >= 15 is 0 Å². The lowest BCUT2D eigenvalue weighted by molar-refractivity contribution is 0.298. The van der Waals surface area contributed by atoms with Crippen LogP contribution in [-0.4, -0.2) is 73.6 Å². The Kier molecular flexibility index (Phi) is 10.2. The van der Waals surface area contributed by atoms with Crippen LogP contribution < -0.4 is 9.47 Å². The van der Waals surface area contributed by atoms with Gasteiger partial charge in [0.15, 0.2) is 17.3 Å². The molecule has 6 aromatic heterocycles. The molecule has 12 aromatic rings. The molecule has 0 aliphatic heterocycles. The third-order valence-corrected chi connectivity index (χ3v) is 12.4. The molecule has 320 valence electrons. The molecule has 64 heavy (non-hydrogen) atoms. The van der Waals surface area contributed by atoms with Crippen molar-refractivity contribution in [3.8, 4) is 11.5 Å². The largest absolute Gasteiger partial charge is 0.489 e. The van der Waals surface area contributed by atoms with Crippen LogP contribution in [0, 0.1) is 13.8 Å². The molecule has 14 nitrogen and oxygen atoms in total. The van der Waals surface area contributed by atoms with Gasteiger partial charge in [-0.3, -0.25) is 0 Å². The molecule has 0 unspecified atom stereocenters. The molecule has 0 aliphatic rings. The van der Waals surface area contributed by atoms with Crippen molar-refractivity contribution in [2.24, 2.45) is 0 Å². The third kappa shape index (κ3) is 7.25. The second-order valence-corrected chi connectivity index (χ2v) is 17.4. The third-order valence-electron chi connectivity index (χ3n) is 11.5. The smallest absolute Gasteiger partial charge is 0.171 e. The summed E-state index contributed by atoms with van der Waals surface area (Å²) in [5.74, 6) is 3.01. The first-order valence-electron chi connectivity index (χ1n) is 20.6. The number of rotatable bonds is 10. The van der Waals surface area contributed by atoms with E-state index in [0.717, 1.165) is 117 Å². The molecule has 0 aliphatic carbocycles. The first-order chi connectivity index (χ1) is 31.1. The summed E-state index contributed by atoms with van der Waals surface area (Å²) >= 11 is 25.2. The Hall–Kier alpha value is -6.58. The lowest BCUT2D eigenvalue weighted by Crippen LogP contribution is -2.08. The van der Waals surface area contributed by atoms with Crippen LogP contribution in [0.4, 0.5) is 0 Å². The van der Waals surface area contributed by atoms with E-state index in [9.17, 15) is 0 Å². The average molecular weight is 931 g/mol. The van der Waals surface area contributed by atoms with Gasteiger partial charge < -0.3 is 29.4 Å². The molecule has 0 radical (unpaired) electrons. The van der Waals surface area contributed by atoms with E-state index in [1.54, 1.807) is 9.48 Å². The number of aromatic amines is 4. The van der Waals surface area contributed by atoms with Gasteiger partial charge in [0, 0.05) is 105 Å². The molecule has 0 saturated heterocycles. The topological polar surface area (TPSA) is 169 Å². The van der Waals surface area contributed by atoms with Crippen molar-refractivity contribution in [1.29, 1.82) is 0 Å². The van der Waals surface area contributed by atoms with Crippen LogP contribution in [-0.2, 0) is 13.1 Å². The normalized spacial score (nSPS) is 12.0. The van der Waals surface area contributed by atoms with E-state index in [1.165, 1.54) is 0 Å². The zero-order chi connectivity index (χ0) is 43.6. The lowest BCUT2D eigenvalue weighted by atomic mass is 10.1. The maximum absolute atomic E-state index is 6.38. The number of H-pyrrole nitrogens is 4. The molecule has 6 heterocycles. The minimum Gasteiger partial charge on any atom is -0.489 e. The highest BCUT2D eigenvalue weighted by molar-refractivity contribution is 6.34. The monoisotopic (exact) mass is 928 g/mol. The van der Waals surface area contributed by atoms with Crippen molar-refractivity contribution in [1.82, 2.24) is 60.4 Å². The van der Waals surface area contributed by atoms with Crippen LogP contribution in [0.2, 0.25) is 20.1 Å². The van der Waals surface area contributed by atoms with Crippen LogP contribution in [0.1, 0.15) is 24.5 Å². The predicted octanol–water partition coefficient (Wildman–Crippen LogP) is 12.1. The molecule has 0 amide bonds. The van der Waals surface area contributed by atoms with E-state index in [0.29, 0.717) is 52.2 Å². The minimum absolute atomic E-state index is 0.501. The Morgan fingerprint density at radius 2 is 0.891 bits per heavy atom. The number of aromatic nitrogens is 12. The van der Waals surface area contributed by atoms with Gasteiger partial charge in [-0.2, -0.15) is 4.80 Å². The van der Waals surface area contributed by atoms with Gasteiger partial charge >= 0.3 is 0 Å². The maximum atomic E-state index is 6.38. The predicted molar refractivity (Wildman–Crippen MR) is 256 cm³/mol. The molecule has 0 fully saturated rings. The van der Waals surface area contributed by atoms with E-state index < -0.39 is 0 Å². The van der Waals surface area contributed by atoms with E-state index in [1.807, 2.05) is 86.6 Å². The van der Waals surface area contributed by atoms with Crippen molar-refractivity contribution >= 4 is 134 Å². The quantitative estimate of drug-likeness (QED) is 0.0983. The van der Waals surface area contributed by atoms with E-state index in [4.69, 9.17) is 55.9 Å². The number of halogens is 4. The van der Waals surface area contributed by atoms with Crippen LogP contribution in [0.15, 0.2) is 84.9 Å². The minimum atomic E-state index is 0.501. The Labute approximate surface area is 382 Å². The molecule has 6 aromatic carbocycles. The van der Waals surface area contributed by atoms with Crippen LogP contribution in [0.25, 0.3) is 87.2 Å². The van der Waals surface area contributed by atoms with Gasteiger partial charge in [-0.05, 0) is 114 Å². The average Bonchev–Trinajstić information content (AvgIpc) is 4.15. The molecule has 0 atom stereocenters. The number of hydrogen-bond donors (Lipinski definition) is 4. The molecular weight excluding hydrogens is 894 g/mol. The summed E-state index contributed by atoms with van der Waals surface area (Å²) in [4.78, 5) is 15.7. The maximum Gasteiger partial charge on any atom is 0.171 e. The summed E-state index contributed by atoms with van der Waals surface area (Å²) in [6, 6.07) is 27.8. The number of hydrogen-bond acceptors (Lipinski definition) is 8. The number of nitrogens with one attached hydrogen (secondary N) is 4. The lowest BCUT2D eigenvalue weighted by Gasteiger charge is -2.09. The van der Waals surface area contributed by atoms with Crippen molar-refractivity contribution in [3.63, 3.8) is 0 Å². The summed E-state index contributed by atoms with van der Waals surface area (Å²) in [6.45, 7) is 6.03. The first-order valence-corrected chi connectivity index (χ1v) is 22.1. The molecule has 0 saturated carbocycles. The zero-order valence-corrected chi connectivity index (χ0v) is 37.3. The van der Waals surface area contributed by atoms with Crippen molar-refractivity contribution in [2.75, 3.05) is 13.2 Å². The van der Waals surface area contributed by atoms with Gasteiger partial charge in [-0.15, -0.1) is 15.3 Å². The van der Waals surface area contributed by atoms with Crippen LogP contribution >= 0.6 is 46.4 Å². The van der Waals surface area contributed by atoms with Gasteiger partial charge in [0.05, 0.1) is 41.8 Å². The Balaban J connectivity index is 0.000000143. The SMILES string of the molecule is Cc1nnn(CCCOc2c3[nH]c4ccc(Cl)cc4c3cc3c2[nH]c2ccc(Cl)cc23)n1.Cc1nnnn1CCCOc1c2[nH]c3ccc(Cl)cc3c2cc2c1[nH]c1ccc(Cl)cc12. The summed E-state index contributed by atoms with van der Waals surface area (Å²) in [5, 5.41) is 35.0. The van der Waals surface area contributed by atoms with Gasteiger partial charge in [-0.1, -0.05) is 46.4 Å². The Bertz CT molecular complexity index is 3560. The fourth-order valence-electron chi connectivity index (χ4n) is 8.53. The number of tetrazole rings is 2. The Morgan fingerprint density at radius 3 is 1.25 bits per heavy atom. The number of ether oxygens (including phenoxy) is 2. The highest BCUT2D eigenvalue weighted by atomic mass is 35.5. The van der Waals surface area contributed by atoms with Gasteiger partial charge in [0.25, 0.3) is 0 Å². The molecule has 0 bridgehead atoms. The summed E-state index contributed by atoms with van der Waals surface area (Å²) in [5.41, 5.74) is 7.77. The number of fused-ring (bicyclic) bond motifs is 12. The standard InChI is InChI=1S/2C23H18Cl2N6O/c1-12-28-29-30-31(12)7-2-8-32-23-21-17(15-9-13(24)3-5-19(15)26-21)11-18-16-10-14(25)4-6-20(16)27-22(18)23;1-12-28-30-31(29-12)7-2-8-32-23-21-17(15-9-13(24)3-5-19(15)26-21)11-18-16-10-14(25)4-6-20(16)27-22(18)23/h2*3-6,9-11,26-27H,2,7-8H2,1H3. The van der Waals surface area contributed by atoms with Gasteiger partial charge in [0.1, 0.15) is 5.82 Å². The van der Waals surface area contributed by atoms with Crippen molar-refractivity contribution in [2.45, 2.75) is 39.8 Å². The fourth-order valence-corrected chi connectivity index (χ4v) is 9.21. The van der Waals surface area contributed by atoms with Gasteiger partial charge in [-0.25, -0.2) is 4.68 Å². The fraction of sp³-hybridized carbons (Fsp3) is 0.174. The van der Waals surface area contributed by atoms with Crippen molar-refractivity contribution in [3.05, 3.63) is 117 Å². The zero-order valence-electron chi connectivity index (χ0n) is 34.2. The van der Waals surface area contributed by atoms with Crippen LogP contribution in [0.5, 0.6) is 11.5 Å². The van der Waals surface area contributed by atoms with Crippen LogP contribution in [0.3, 0.4) is 0 Å². The second kappa shape index (κ2) is 16.2. The van der Waals surface area contributed by atoms with E-state index in [-0.39, 0.29) is 0 Å². The van der Waals surface area contributed by atoms with Gasteiger partial charge in [0.2, 0.25) is 0 Å². The molecular formula is C46H36Cl4N12O2. The number of aryl methyl sites for hydroxylation is 4. The summed E-state index contributed by atoms with van der Waals surface area (Å²) in [7, 11) is 0. The summed E-state index contributed by atoms with van der Waals surface area (Å²) in [6.07, 6.45) is 1.51. The molecule has 4 N–H and O–H groups in total.